The molecule has 8 heavy (non-hydrogen) atoms. The van der Waals surface area contributed by atoms with Gasteiger partial charge in [0.25, 0.3) is 0 Å². The molecule has 0 N–H and O–H groups in total. The Labute approximate surface area is 54.1 Å². The molecule has 1 aromatic rings. The van der Waals surface area contributed by atoms with Crippen LogP contribution in [0, 0.1) is 6.92 Å². The maximum Gasteiger partial charge on any atom is 0.0406 e. The van der Waals surface area contributed by atoms with E-state index in [-0.39, 0.29) is 0 Å². The third kappa shape index (κ3) is 1.24. The standard InChI is InChI=1S/C7H7Cl/c1-6-2-4-7(8)5-3-6/h2-5H,1H3/i1+1. The zero-order chi connectivity index (χ0) is 5.98. The lowest BCUT2D eigenvalue weighted by Gasteiger charge is -1.88. The summed E-state index contributed by atoms with van der Waals surface area (Å²) < 4.78 is 0. The van der Waals surface area contributed by atoms with Crippen molar-refractivity contribution in [2.24, 2.45) is 0 Å². The van der Waals surface area contributed by atoms with E-state index >= 15 is 0 Å². The first-order valence-electron chi connectivity index (χ1n) is 2.51. The van der Waals surface area contributed by atoms with Gasteiger partial charge in [-0.15, -0.1) is 0 Å². The second-order valence-electron chi connectivity index (χ2n) is 1.80. The van der Waals surface area contributed by atoms with Crippen molar-refractivity contribution in [3.8, 4) is 0 Å². The third-order valence-electron chi connectivity index (χ3n) is 1.01. The van der Waals surface area contributed by atoms with Crippen molar-refractivity contribution in [3.63, 3.8) is 0 Å². The molecule has 1 heteroatoms. The molecule has 0 saturated heterocycles. The Morgan fingerprint density at radius 3 is 2.00 bits per heavy atom. The molecule has 0 atom stereocenters. The minimum atomic E-state index is 0.801. The number of rotatable bonds is 0. The van der Waals surface area contributed by atoms with E-state index in [0.717, 1.165) is 5.02 Å². The van der Waals surface area contributed by atoms with Gasteiger partial charge in [0.05, 0.1) is 0 Å². The average Bonchev–Trinajstić information content (AvgIpc) is 1.77. The first-order valence-corrected chi connectivity index (χ1v) is 2.89. The Morgan fingerprint density at radius 1 is 1.12 bits per heavy atom. The van der Waals surface area contributed by atoms with Gasteiger partial charge in [-0.1, -0.05) is 29.3 Å². The lowest BCUT2D eigenvalue weighted by molar-refractivity contribution is 1.48. The first kappa shape index (κ1) is 5.64. The van der Waals surface area contributed by atoms with Crippen LogP contribution in [-0.2, 0) is 0 Å². The van der Waals surface area contributed by atoms with Crippen LogP contribution in [0.5, 0.6) is 0 Å². The van der Waals surface area contributed by atoms with Crippen LogP contribution in [0.15, 0.2) is 24.3 Å². The van der Waals surface area contributed by atoms with E-state index in [2.05, 4.69) is 0 Å². The van der Waals surface area contributed by atoms with Crippen LogP contribution in [0.2, 0.25) is 5.02 Å². The predicted molar refractivity (Wildman–Crippen MR) is 36.2 cm³/mol. The zero-order valence-electron chi connectivity index (χ0n) is 4.69. The highest BCUT2D eigenvalue weighted by Gasteiger charge is 1.81. The first-order chi connectivity index (χ1) is 3.79. The topological polar surface area (TPSA) is 0 Å². The molecular formula is C7H7Cl. The number of hydrogen-bond donors (Lipinski definition) is 0. The molecule has 0 amide bonds. The monoisotopic (exact) mass is 127 g/mol. The highest BCUT2D eigenvalue weighted by atomic mass is 35.5. The summed E-state index contributed by atoms with van der Waals surface area (Å²) in [6, 6.07) is 7.75. The summed E-state index contributed by atoms with van der Waals surface area (Å²) >= 11 is 5.61. The lowest BCUT2D eigenvalue weighted by atomic mass is 10.3. The minimum Gasteiger partial charge on any atom is -0.0843 e. The molecule has 0 fully saturated rings. The van der Waals surface area contributed by atoms with E-state index < -0.39 is 0 Å². The average molecular weight is 128 g/mol. The van der Waals surface area contributed by atoms with Gasteiger partial charge in [0, 0.05) is 5.02 Å². The molecule has 0 unspecified atom stereocenters. The van der Waals surface area contributed by atoms with Gasteiger partial charge < -0.3 is 0 Å². The SMILES string of the molecule is [13CH3]c1ccc(Cl)cc1. The Kier molecular flexibility index (Phi) is 1.54. The summed E-state index contributed by atoms with van der Waals surface area (Å²) in [7, 11) is 0. The second kappa shape index (κ2) is 2.19. The van der Waals surface area contributed by atoms with Crippen molar-refractivity contribution in [2.75, 3.05) is 0 Å². The Morgan fingerprint density at radius 2 is 1.62 bits per heavy atom. The fourth-order valence-electron chi connectivity index (χ4n) is 0.533. The van der Waals surface area contributed by atoms with Gasteiger partial charge in [0.2, 0.25) is 0 Å². The summed E-state index contributed by atoms with van der Waals surface area (Å²) in [5, 5.41) is 0.801. The van der Waals surface area contributed by atoms with Crippen LogP contribution >= 0.6 is 11.6 Å². The molecule has 0 aliphatic heterocycles. The fourth-order valence-corrected chi connectivity index (χ4v) is 0.659. The van der Waals surface area contributed by atoms with E-state index in [0.29, 0.717) is 0 Å². The number of benzene rings is 1. The Balaban J connectivity index is 3.03. The molecular weight excluding hydrogens is 121 g/mol. The van der Waals surface area contributed by atoms with Crippen LogP contribution in [-0.4, -0.2) is 0 Å². The molecule has 0 radical (unpaired) electrons. The van der Waals surface area contributed by atoms with Crippen molar-refractivity contribution < 1.29 is 0 Å². The van der Waals surface area contributed by atoms with Crippen molar-refractivity contribution in [3.05, 3.63) is 34.9 Å². The maximum absolute atomic E-state index is 5.61. The molecule has 0 aliphatic carbocycles. The molecule has 42 valence electrons. The number of halogens is 1. The maximum atomic E-state index is 5.61. The molecule has 0 bridgehead atoms. The highest BCUT2D eigenvalue weighted by molar-refractivity contribution is 6.30. The van der Waals surface area contributed by atoms with Crippen LogP contribution < -0.4 is 0 Å². The number of aryl methyl sites for hydroxylation is 1. The van der Waals surface area contributed by atoms with Crippen LogP contribution in [0.25, 0.3) is 0 Å². The van der Waals surface area contributed by atoms with Crippen molar-refractivity contribution in [1.29, 1.82) is 0 Å². The van der Waals surface area contributed by atoms with Gasteiger partial charge in [0.1, 0.15) is 0 Å². The van der Waals surface area contributed by atoms with Crippen molar-refractivity contribution in [2.45, 2.75) is 6.92 Å². The largest absolute Gasteiger partial charge is 0.0843 e. The van der Waals surface area contributed by atoms with E-state index in [9.17, 15) is 0 Å². The second-order valence-corrected chi connectivity index (χ2v) is 2.23. The Bertz CT molecular complexity index is 143. The van der Waals surface area contributed by atoms with Gasteiger partial charge in [-0.25, -0.2) is 0 Å². The van der Waals surface area contributed by atoms with Gasteiger partial charge in [-0.3, -0.25) is 0 Å². The van der Waals surface area contributed by atoms with Gasteiger partial charge >= 0.3 is 0 Å². The number of hydrogen-bond acceptors (Lipinski definition) is 0. The van der Waals surface area contributed by atoms with E-state index in [1.165, 1.54) is 5.56 Å². The molecule has 1 aromatic carbocycles. The van der Waals surface area contributed by atoms with Gasteiger partial charge in [-0.2, -0.15) is 0 Å². The molecule has 0 aromatic heterocycles. The smallest absolute Gasteiger partial charge is 0.0406 e. The predicted octanol–water partition coefficient (Wildman–Crippen LogP) is 2.65. The van der Waals surface area contributed by atoms with E-state index in [1.807, 2.05) is 31.2 Å². The van der Waals surface area contributed by atoms with Crippen molar-refractivity contribution in [1.82, 2.24) is 0 Å². The summed E-state index contributed by atoms with van der Waals surface area (Å²) in [6.07, 6.45) is 0. The summed E-state index contributed by atoms with van der Waals surface area (Å²) in [5.41, 5.74) is 1.24. The zero-order valence-corrected chi connectivity index (χ0v) is 5.44. The quantitative estimate of drug-likeness (QED) is 0.470. The lowest BCUT2D eigenvalue weighted by Crippen LogP contribution is -1.66. The molecule has 0 heterocycles. The molecule has 0 spiro atoms. The summed E-state index contributed by atoms with van der Waals surface area (Å²) in [4.78, 5) is 0. The summed E-state index contributed by atoms with van der Waals surface area (Å²) in [5.74, 6) is 0. The molecule has 0 saturated carbocycles. The minimum absolute atomic E-state index is 0.801. The molecule has 1 rings (SSSR count). The van der Waals surface area contributed by atoms with Crippen LogP contribution in [0.3, 0.4) is 0 Å². The Hall–Kier alpha value is -0.490. The van der Waals surface area contributed by atoms with Gasteiger partial charge in [0.15, 0.2) is 0 Å². The summed E-state index contributed by atoms with van der Waals surface area (Å²) in [6.45, 7) is 2.04. The normalized spacial score (nSPS) is 9.25. The van der Waals surface area contributed by atoms with E-state index in [4.69, 9.17) is 11.6 Å². The fraction of sp³-hybridized carbons (Fsp3) is 0.143. The van der Waals surface area contributed by atoms with Crippen LogP contribution in [0.1, 0.15) is 5.56 Å². The van der Waals surface area contributed by atoms with Gasteiger partial charge in [-0.05, 0) is 19.1 Å². The van der Waals surface area contributed by atoms with E-state index in [1.54, 1.807) is 0 Å². The third-order valence-corrected chi connectivity index (χ3v) is 1.26. The highest BCUT2D eigenvalue weighted by Crippen LogP contribution is 2.07. The van der Waals surface area contributed by atoms with Crippen LogP contribution in [0.4, 0.5) is 0 Å². The van der Waals surface area contributed by atoms with Crippen molar-refractivity contribution >= 4 is 11.6 Å². The molecule has 0 aliphatic rings. The molecule has 0 nitrogen and oxygen atoms in total.